The van der Waals surface area contributed by atoms with E-state index < -0.39 is 0 Å². The molecule has 0 unspecified atom stereocenters. The predicted octanol–water partition coefficient (Wildman–Crippen LogP) is 3.65. The molecule has 6 heteroatoms. The molecule has 0 bridgehead atoms. The van der Waals surface area contributed by atoms with Crippen molar-refractivity contribution in [3.8, 4) is 10.4 Å². The average Bonchev–Trinajstić information content (AvgIpc) is 3.26. The van der Waals surface area contributed by atoms with Gasteiger partial charge in [0.05, 0.1) is 11.4 Å². The van der Waals surface area contributed by atoms with Crippen molar-refractivity contribution in [2.75, 3.05) is 37.2 Å². The molecule has 1 fully saturated rings. The molecule has 0 saturated carbocycles. The number of thiophene rings is 1. The number of piperazine rings is 1. The zero-order chi connectivity index (χ0) is 19.3. The highest BCUT2D eigenvalue weighted by atomic mass is 32.1. The van der Waals surface area contributed by atoms with Crippen molar-refractivity contribution in [2.45, 2.75) is 6.54 Å². The van der Waals surface area contributed by atoms with Gasteiger partial charge in [-0.2, -0.15) is 0 Å². The van der Waals surface area contributed by atoms with Crippen LogP contribution in [0.4, 0.5) is 11.4 Å². The molecule has 3 aromatic rings. The van der Waals surface area contributed by atoms with Gasteiger partial charge in [-0.1, -0.05) is 24.3 Å². The van der Waals surface area contributed by atoms with Gasteiger partial charge in [0.2, 0.25) is 0 Å². The Hall–Kier alpha value is -2.67. The molecule has 144 valence electrons. The summed E-state index contributed by atoms with van der Waals surface area (Å²) < 4.78 is 0. The maximum Gasteiger partial charge on any atom is 0.255 e. The van der Waals surface area contributed by atoms with Gasteiger partial charge in [0, 0.05) is 43.2 Å². The van der Waals surface area contributed by atoms with Crippen molar-refractivity contribution in [3.63, 3.8) is 0 Å². The zero-order valence-corrected chi connectivity index (χ0v) is 16.5. The Kier molecular flexibility index (Phi) is 5.71. The first-order valence-corrected chi connectivity index (χ1v) is 10.3. The van der Waals surface area contributed by atoms with Crippen LogP contribution in [0.15, 0.2) is 60.0 Å². The van der Waals surface area contributed by atoms with E-state index in [0.717, 1.165) is 43.2 Å². The number of nitrogens with two attached hydrogens (primary N) is 1. The lowest BCUT2D eigenvalue weighted by Crippen LogP contribution is -2.42. The van der Waals surface area contributed by atoms with Crippen molar-refractivity contribution in [3.05, 3.63) is 71.1 Å². The van der Waals surface area contributed by atoms with Crippen molar-refractivity contribution in [1.82, 2.24) is 10.2 Å². The molecule has 4 N–H and O–H groups in total. The maximum absolute atomic E-state index is 12.7. The van der Waals surface area contributed by atoms with Gasteiger partial charge in [-0.3, -0.25) is 9.69 Å². The number of benzene rings is 2. The molecule has 0 aliphatic carbocycles. The third-order valence-corrected chi connectivity index (χ3v) is 5.86. The van der Waals surface area contributed by atoms with Crippen molar-refractivity contribution < 1.29 is 4.79 Å². The van der Waals surface area contributed by atoms with Gasteiger partial charge >= 0.3 is 0 Å². The number of rotatable bonds is 5. The summed E-state index contributed by atoms with van der Waals surface area (Å²) in [7, 11) is 0. The summed E-state index contributed by atoms with van der Waals surface area (Å²) >= 11 is 1.66. The van der Waals surface area contributed by atoms with Crippen molar-refractivity contribution in [1.29, 1.82) is 0 Å². The van der Waals surface area contributed by atoms with Crippen LogP contribution in [-0.4, -0.2) is 37.0 Å². The van der Waals surface area contributed by atoms with Crippen LogP contribution >= 0.6 is 11.3 Å². The molecule has 2 aromatic carbocycles. The molecule has 1 aromatic heterocycles. The van der Waals surface area contributed by atoms with Gasteiger partial charge in [-0.25, -0.2) is 0 Å². The number of carbonyl (C=O) groups excluding carboxylic acids is 1. The Balaban J connectivity index is 1.44. The van der Waals surface area contributed by atoms with Crippen molar-refractivity contribution in [2.24, 2.45) is 0 Å². The molecule has 0 atom stereocenters. The van der Waals surface area contributed by atoms with Gasteiger partial charge in [-0.05, 0) is 46.8 Å². The molecule has 0 spiro atoms. The number of nitrogen functional groups attached to an aromatic ring is 1. The lowest BCUT2D eigenvalue weighted by molar-refractivity contribution is 0.102. The van der Waals surface area contributed by atoms with Crippen LogP contribution < -0.4 is 16.4 Å². The number of hydrogen-bond donors (Lipinski definition) is 3. The fourth-order valence-corrected chi connectivity index (χ4v) is 4.07. The fraction of sp³-hybridized carbons (Fsp3) is 0.227. The summed E-state index contributed by atoms with van der Waals surface area (Å²) in [5.74, 6) is -0.149. The maximum atomic E-state index is 12.7. The lowest BCUT2D eigenvalue weighted by atomic mass is 10.1. The van der Waals surface area contributed by atoms with E-state index in [1.165, 1.54) is 5.56 Å². The van der Waals surface area contributed by atoms with Crippen LogP contribution in [0.1, 0.15) is 15.9 Å². The average molecular weight is 393 g/mol. The molecule has 4 rings (SSSR count). The second-order valence-electron chi connectivity index (χ2n) is 6.96. The highest BCUT2D eigenvalue weighted by Crippen LogP contribution is 2.30. The molecular formula is C22H24N4OS. The topological polar surface area (TPSA) is 70.4 Å². The van der Waals surface area contributed by atoms with E-state index in [-0.39, 0.29) is 5.91 Å². The molecule has 1 aliphatic rings. The number of nitrogens with zero attached hydrogens (tertiary/aromatic N) is 1. The lowest BCUT2D eigenvalue weighted by Gasteiger charge is -2.27. The van der Waals surface area contributed by atoms with Gasteiger partial charge in [0.25, 0.3) is 5.91 Å². The SMILES string of the molecule is Nc1ccc(-c2cccs2)cc1NC(=O)c1ccc(CN2CCNCC2)cc1. The second-order valence-corrected chi connectivity index (χ2v) is 7.90. The number of carbonyl (C=O) groups is 1. The van der Waals surface area contributed by atoms with Crippen LogP contribution in [0.3, 0.4) is 0 Å². The quantitative estimate of drug-likeness (QED) is 0.580. The summed E-state index contributed by atoms with van der Waals surface area (Å²) in [6.45, 7) is 5.10. The smallest absolute Gasteiger partial charge is 0.255 e. The minimum absolute atomic E-state index is 0.149. The first-order valence-electron chi connectivity index (χ1n) is 9.46. The van der Waals surface area contributed by atoms with Crippen LogP contribution in [0, 0.1) is 0 Å². The van der Waals surface area contributed by atoms with Crippen LogP contribution in [-0.2, 0) is 6.54 Å². The molecular weight excluding hydrogens is 368 g/mol. The summed E-state index contributed by atoms with van der Waals surface area (Å²) in [5, 5.41) is 8.35. The van der Waals surface area contributed by atoms with E-state index in [9.17, 15) is 4.79 Å². The summed E-state index contributed by atoms with van der Waals surface area (Å²) in [5.41, 5.74) is 10.2. The molecule has 1 saturated heterocycles. The Morgan fingerprint density at radius 3 is 2.61 bits per heavy atom. The third-order valence-electron chi connectivity index (χ3n) is 4.94. The Morgan fingerprint density at radius 1 is 1.11 bits per heavy atom. The number of amides is 1. The normalized spacial score (nSPS) is 14.7. The molecule has 2 heterocycles. The molecule has 1 amide bonds. The Labute approximate surface area is 169 Å². The summed E-state index contributed by atoms with van der Waals surface area (Å²) in [4.78, 5) is 16.2. The first kappa shape index (κ1) is 18.7. The minimum Gasteiger partial charge on any atom is -0.397 e. The van der Waals surface area contributed by atoms with E-state index in [1.807, 2.05) is 53.9 Å². The highest BCUT2D eigenvalue weighted by molar-refractivity contribution is 7.13. The van der Waals surface area contributed by atoms with E-state index >= 15 is 0 Å². The second kappa shape index (κ2) is 8.56. The highest BCUT2D eigenvalue weighted by Gasteiger charge is 2.12. The van der Waals surface area contributed by atoms with E-state index in [1.54, 1.807) is 11.3 Å². The van der Waals surface area contributed by atoms with Gasteiger partial charge < -0.3 is 16.4 Å². The van der Waals surface area contributed by atoms with Crippen molar-refractivity contribution >= 4 is 28.6 Å². The molecule has 1 aliphatic heterocycles. The monoisotopic (exact) mass is 392 g/mol. The summed E-state index contributed by atoms with van der Waals surface area (Å²) in [6, 6.07) is 17.6. The van der Waals surface area contributed by atoms with Crippen LogP contribution in [0.25, 0.3) is 10.4 Å². The van der Waals surface area contributed by atoms with Gasteiger partial charge in [0.15, 0.2) is 0 Å². The Bertz CT molecular complexity index is 932. The summed E-state index contributed by atoms with van der Waals surface area (Å²) in [6.07, 6.45) is 0. The molecule has 0 radical (unpaired) electrons. The predicted molar refractivity (Wildman–Crippen MR) is 117 cm³/mol. The van der Waals surface area contributed by atoms with E-state index in [4.69, 9.17) is 5.73 Å². The van der Waals surface area contributed by atoms with Crippen LogP contribution in [0.5, 0.6) is 0 Å². The number of nitrogens with one attached hydrogen (secondary N) is 2. The largest absolute Gasteiger partial charge is 0.397 e. The number of hydrogen-bond acceptors (Lipinski definition) is 5. The first-order chi connectivity index (χ1) is 13.7. The molecule has 5 nitrogen and oxygen atoms in total. The Morgan fingerprint density at radius 2 is 1.89 bits per heavy atom. The minimum atomic E-state index is -0.149. The van der Waals surface area contributed by atoms with Gasteiger partial charge in [0.1, 0.15) is 0 Å². The third kappa shape index (κ3) is 4.42. The molecule has 28 heavy (non-hydrogen) atoms. The van der Waals surface area contributed by atoms with E-state index in [0.29, 0.717) is 16.9 Å². The zero-order valence-electron chi connectivity index (χ0n) is 15.7. The standard InChI is InChI=1S/C22H24N4OS/c23-19-8-7-18(21-2-1-13-28-21)14-20(19)25-22(27)17-5-3-16(4-6-17)15-26-11-9-24-10-12-26/h1-8,13-14,24H,9-12,15,23H2,(H,25,27). The van der Waals surface area contributed by atoms with Crippen LogP contribution in [0.2, 0.25) is 0 Å². The van der Waals surface area contributed by atoms with E-state index in [2.05, 4.69) is 21.6 Å². The number of anilines is 2. The van der Waals surface area contributed by atoms with Gasteiger partial charge in [-0.15, -0.1) is 11.3 Å². The fourth-order valence-electron chi connectivity index (χ4n) is 3.34.